The smallest absolute Gasteiger partial charge is 0.163 e. The Hall–Kier alpha value is -1.27. The van der Waals surface area contributed by atoms with Crippen LogP contribution >= 0.6 is 24.0 Å². The average Bonchev–Trinajstić information content (AvgIpc) is 2.38. The van der Waals surface area contributed by atoms with Crippen LogP contribution in [0.3, 0.4) is 0 Å². The molecule has 0 heterocycles. The number of thiocarbonyl (C=S) groups is 1. The Bertz CT molecular complexity index is 529. The second-order valence-electron chi connectivity index (χ2n) is 3.97. The minimum absolute atomic E-state index is 0.0835. The molecule has 0 unspecified atom stereocenters. The van der Waals surface area contributed by atoms with Crippen molar-refractivity contribution >= 4 is 45.5 Å². The molecular formula is C12H12N2O2S2. The number of ketones is 1. The van der Waals surface area contributed by atoms with Gasteiger partial charge in [-0.2, -0.15) is 0 Å². The number of rotatable bonds is 2. The Morgan fingerprint density at radius 1 is 1.44 bits per heavy atom. The van der Waals surface area contributed by atoms with Crippen molar-refractivity contribution in [1.82, 2.24) is 0 Å². The summed E-state index contributed by atoms with van der Waals surface area (Å²) in [5.41, 5.74) is 2.27. The number of nitrogens with one attached hydrogen (secondary N) is 1. The zero-order valence-corrected chi connectivity index (χ0v) is 11.5. The standard InChI is InChI=1S/C12H12N2O2S2/c1-18-12(17)13-9-6-5-7-8(11(9)14-16)3-2-4-10(7)15/h5-6H,2-4H2,1H3,(H,13,17). The van der Waals surface area contributed by atoms with Gasteiger partial charge < -0.3 is 5.32 Å². The van der Waals surface area contributed by atoms with Gasteiger partial charge in [-0.25, -0.2) is 0 Å². The Kier molecular flexibility index (Phi) is 4.08. The lowest BCUT2D eigenvalue weighted by Gasteiger charge is -2.18. The number of hydrogen-bond donors (Lipinski definition) is 1. The number of carbonyl (C=O) groups excluding carboxylic acids is 1. The normalized spacial score (nSPS) is 13.9. The summed E-state index contributed by atoms with van der Waals surface area (Å²) in [5.74, 6) is 0.0835. The van der Waals surface area contributed by atoms with E-state index >= 15 is 0 Å². The summed E-state index contributed by atoms with van der Waals surface area (Å²) in [7, 11) is 0. The monoisotopic (exact) mass is 280 g/mol. The van der Waals surface area contributed by atoms with Gasteiger partial charge in [-0.3, -0.25) is 4.79 Å². The molecule has 0 atom stereocenters. The van der Waals surface area contributed by atoms with Crippen LogP contribution in [0.2, 0.25) is 0 Å². The summed E-state index contributed by atoms with van der Waals surface area (Å²) < 4.78 is 0.571. The predicted molar refractivity (Wildman–Crippen MR) is 78.9 cm³/mol. The third-order valence-electron chi connectivity index (χ3n) is 2.93. The predicted octanol–water partition coefficient (Wildman–Crippen LogP) is 3.66. The molecule has 0 bridgehead atoms. The average molecular weight is 280 g/mol. The van der Waals surface area contributed by atoms with E-state index in [0.717, 1.165) is 12.0 Å². The third kappa shape index (κ3) is 2.44. The molecule has 0 amide bonds. The highest BCUT2D eigenvalue weighted by molar-refractivity contribution is 8.22. The molecule has 0 aliphatic heterocycles. The number of Topliss-reactive ketones (excluding diaryl/α,β-unsaturated/α-hetero) is 1. The number of fused-ring (bicyclic) bond motifs is 1. The lowest BCUT2D eigenvalue weighted by molar-refractivity contribution is 0.0972. The van der Waals surface area contributed by atoms with Crippen molar-refractivity contribution in [2.75, 3.05) is 11.6 Å². The molecule has 1 aliphatic rings. The fourth-order valence-electron chi connectivity index (χ4n) is 2.08. The second kappa shape index (κ2) is 5.58. The first-order valence-corrected chi connectivity index (χ1v) is 7.18. The summed E-state index contributed by atoms with van der Waals surface area (Å²) >= 11 is 6.45. The largest absolute Gasteiger partial charge is 0.339 e. The van der Waals surface area contributed by atoms with E-state index in [2.05, 4.69) is 10.5 Å². The zero-order valence-electron chi connectivity index (χ0n) is 9.86. The van der Waals surface area contributed by atoms with Crippen LogP contribution in [-0.2, 0) is 6.42 Å². The molecule has 18 heavy (non-hydrogen) atoms. The van der Waals surface area contributed by atoms with Crippen molar-refractivity contribution < 1.29 is 4.79 Å². The Balaban J connectivity index is 2.47. The van der Waals surface area contributed by atoms with Crippen LogP contribution in [0.25, 0.3) is 0 Å². The first kappa shape index (κ1) is 13.2. The SMILES string of the molecule is CSC(=S)Nc1ccc2c(c1N=O)CCCC2=O. The number of hydrogen-bond acceptors (Lipinski definition) is 5. The maximum atomic E-state index is 11.7. The molecule has 6 heteroatoms. The van der Waals surface area contributed by atoms with Gasteiger partial charge >= 0.3 is 0 Å². The molecule has 0 fully saturated rings. The second-order valence-corrected chi connectivity index (χ2v) is 5.46. The van der Waals surface area contributed by atoms with Gasteiger partial charge in [0.2, 0.25) is 0 Å². The highest BCUT2D eigenvalue weighted by Gasteiger charge is 2.22. The minimum Gasteiger partial charge on any atom is -0.339 e. The topological polar surface area (TPSA) is 58.5 Å². The van der Waals surface area contributed by atoms with Crippen molar-refractivity contribution in [2.45, 2.75) is 19.3 Å². The number of nitrogens with zero attached hydrogens (tertiary/aromatic N) is 1. The van der Waals surface area contributed by atoms with Crippen LogP contribution in [0.15, 0.2) is 17.3 Å². The van der Waals surface area contributed by atoms with Crippen LogP contribution in [0.5, 0.6) is 0 Å². The van der Waals surface area contributed by atoms with Crippen LogP contribution in [0, 0.1) is 4.91 Å². The van der Waals surface area contributed by atoms with Crippen molar-refractivity contribution in [3.05, 3.63) is 28.2 Å². The minimum atomic E-state index is 0.0835. The molecule has 94 valence electrons. The number of anilines is 1. The summed E-state index contributed by atoms with van der Waals surface area (Å²) in [4.78, 5) is 22.8. The van der Waals surface area contributed by atoms with Crippen molar-refractivity contribution in [1.29, 1.82) is 0 Å². The Labute approximate surface area is 115 Å². The van der Waals surface area contributed by atoms with E-state index < -0.39 is 0 Å². The van der Waals surface area contributed by atoms with Gasteiger partial charge in [0, 0.05) is 12.0 Å². The van der Waals surface area contributed by atoms with Crippen molar-refractivity contribution in [2.24, 2.45) is 5.18 Å². The molecule has 0 radical (unpaired) electrons. The summed E-state index contributed by atoms with van der Waals surface area (Å²) in [6, 6.07) is 3.44. The van der Waals surface area contributed by atoms with E-state index in [1.54, 1.807) is 12.1 Å². The van der Waals surface area contributed by atoms with E-state index in [-0.39, 0.29) is 5.78 Å². The zero-order chi connectivity index (χ0) is 13.1. The highest BCUT2D eigenvalue weighted by Crippen LogP contribution is 2.36. The van der Waals surface area contributed by atoms with E-state index in [9.17, 15) is 9.70 Å². The summed E-state index contributed by atoms with van der Waals surface area (Å²) in [5, 5.41) is 6.04. The molecule has 0 aromatic heterocycles. The van der Waals surface area contributed by atoms with Crippen LogP contribution in [0.4, 0.5) is 11.4 Å². The van der Waals surface area contributed by atoms with Crippen molar-refractivity contribution in [3.8, 4) is 0 Å². The van der Waals surface area contributed by atoms with Gasteiger partial charge in [-0.1, -0.05) is 12.2 Å². The quantitative estimate of drug-likeness (QED) is 0.661. The maximum absolute atomic E-state index is 11.7. The fraction of sp³-hybridized carbons (Fsp3) is 0.333. The summed E-state index contributed by atoms with van der Waals surface area (Å²) in [6.45, 7) is 0. The van der Waals surface area contributed by atoms with E-state index in [1.165, 1.54) is 11.8 Å². The number of thioether (sulfide) groups is 1. The Morgan fingerprint density at radius 2 is 2.22 bits per heavy atom. The molecule has 1 aromatic carbocycles. The molecule has 4 nitrogen and oxygen atoms in total. The number of carbonyl (C=O) groups is 1. The van der Waals surface area contributed by atoms with E-state index in [1.807, 2.05) is 6.26 Å². The molecule has 0 saturated carbocycles. The highest BCUT2D eigenvalue weighted by atomic mass is 32.2. The lowest BCUT2D eigenvalue weighted by Crippen LogP contribution is -2.12. The van der Waals surface area contributed by atoms with Crippen LogP contribution in [-0.4, -0.2) is 16.4 Å². The van der Waals surface area contributed by atoms with Gasteiger partial charge in [-0.05, 0) is 42.0 Å². The van der Waals surface area contributed by atoms with E-state index in [0.29, 0.717) is 34.1 Å². The van der Waals surface area contributed by atoms with Crippen molar-refractivity contribution in [3.63, 3.8) is 0 Å². The third-order valence-corrected chi connectivity index (χ3v) is 4.00. The van der Waals surface area contributed by atoms with Gasteiger partial charge in [0.05, 0.1) is 5.69 Å². The van der Waals surface area contributed by atoms with Gasteiger partial charge in [0.15, 0.2) is 5.78 Å². The van der Waals surface area contributed by atoms with Crippen LogP contribution < -0.4 is 5.32 Å². The molecule has 1 N–H and O–H groups in total. The molecule has 0 spiro atoms. The Morgan fingerprint density at radius 3 is 2.89 bits per heavy atom. The summed E-state index contributed by atoms with van der Waals surface area (Å²) in [6.07, 6.45) is 3.88. The molecule has 1 aromatic rings. The molecular weight excluding hydrogens is 268 g/mol. The van der Waals surface area contributed by atoms with Gasteiger partial charge in [0.25, 0.3) is 0 Å². The first-order valence-electron chi connectivity index (χ1n) is 5.54. The molecule has 1 aliphatic carbocycles. The molecule has 0 saturated heterocycles. The fourth-order valence-corrected chi connectivity index (χ4v) is 2.40. The maximum Gasteiger partial charge on any atom is 0.163 e. The number of nitroso groups, excluding NO2 is 1. The van der Waals surface area contributed by atoms with Crippen LogP contribution in [0.1, 0.15) is 28.8 Å². The molecule has 2 rings (SSSR count). The lowest BCUT2D eigenvalue weighted by atomic mass is 9.89. The number of benzene rings is 1. The van der Waals surface area contributed by atoms with Gasteiger partial charge in [0.1, 0.15) is 10.0 Å². The first-order chi connectivity index (χ1) is 8.67. The van der Waals surface area contributed by atoms with Gasteiger partial charge in [-0.15, -0.1) is 16.7 Å². The van der Waals surface area contributed by atoms with E-state index in [4.69, 9.17) is 12.2 Å².